The van der Waals surface area contributed by atoms with Crippen LogP contribution in [0.25, 0.3) is 0 Å². The lowest BCUT2D eigenvalue weighted by atomic mass is 10.1. The van der Waals surface area contributed by atoms with Gasteiger partial charge in [0.05, 0.1) is 0 Å². The number of hydrogen-bond acceptors (Lipinski definition) is 2. The molecule has 0 bridgehead atoms. The van der Waals surface area contributed by atoms with E-state index in [9.17, 15) is 0 Å². The molecular formula is C5H13NO. The molecule has 2 unspecified atom stereocenters. The third-order valence-electron chi connectivity index (χ3n) is 1.19. The zero-order valence-electron chi connectivity index (χ0n) is 4.89. The van der Waals surface area contributed by atoms with Crippen LogP contribution in [-0.2, 0) is 0 Å². The van der Waals surface area contributed by atoms with Crippen molar-refractivity contribution in [2.45, 2.75) is 19.9 Å². The molecule has 0 radical (unpaired) electrons. The van der Waals surface area contributed by atoms with E-state index >= 15 is 0 Å². The van der Waals surface area contributed by atoms with Gasteiger partial charge >= 0.3 is 0 Å². The largest absolute Gasteiger partial charge is 0.396 e. The molecule has 0 saturated heterocycles. The van der Waals surface area contributed by atoms with Gasteiger partial charge in [-0.3, -0.25) is 0 Å². The Kier molecular flexibility index (Phi) is 2.96. The van der Waals surface area contributed by atoms with E-state index in [1.165, 1.54) is 0 Å². The Hall–Kier alpha value is -0.0800. The first-order chi connectivity index (χ1) is 3.18. The minimum Gasteiger partial charge on any atom is -0.396 e. The summed E-state index contributed by atoms with van der Waals surface area (Å²) in [4.78, 5) is 0. The summed E-state index contributed by atoms with van der Waals surface area (Å²) in [6.07, 6.45) is 0. The second-order valence-electron chi connectivity index (χ2n) is 2.02. The van der Waals surface area contributed by atoms with Crippen molar-refractivity contribution in [2.24, 2.45) is 11.7 Å². The highest BCUT2D eigenvalue weighted by Crippen LogP contribution is 1.95. The fourth-order valence-electron chi connectivity index (χ4n) is 0.166. The van der Waals surface area contributed by atoms with Gasteiger partial charge in [-0.25, -0.2) is 0 Å². The molecule has 0 aliphatic carbocycles. The third kappa shape index (κ3) is 2.60. The highest BCUT2D eigenvalue weighted by molar-refractivity contribution is 4.60. The van der Waals surface area contributed by atoms with Gasteiger partial charge in [-0.1, -0.05) is 6.92 Å². The molecule has 0 aliphatic heterocycles. The van der Waals surface area contributed by atoms with Crippen molar-refractivity contribution in [1.29, 1.82) is 0 Å². The number of aliphatic hydroxyl groups is 1. The Balaban J connectivity index is 3.14. The lowest BCUT2D eigenvalue weighted by molar-refractivity contribution is 0.221. The van der Waals surface area contributed by atoms with Crippen molar-refractivity contribution >= 4 is 0 Å². The average molecular weight is 103 g/mol. The van der Waals surface area contributed by atoms with E-state index in [1.54, 1.807) is 0 Å². The molecule has 0 aromatic rings. The fourth-order valence-corrected chi connectivity index (χ4v) is 0.166. The molecule has 0 aliphatic rings. The summed E-state index contributed by atoms with van der Waals surface area (Å²) in [6.45, 7) is 4.00. The maximum Gasteiger partial charge on any atom is 0.0471 e. The summed E-state index contributed by atoms with van der Waals surface area (Å²) in [5.41, 5.74) is 5.39. The summed E-state index contributed by atoms with van der Waals surface area (Å²) in [5.74, 6) is 0.236. The minimum atomic E-state index is 0.116. The Bertz CT molecular complexity index is 45.3. The summed E-state index contributed by atoms with van der Waals surface area (Å²) >= 11 is 0. The Morgan fingerprint density at radius 2 is 2.00 bits per heavy atom. The van der Waals surface area contributed by atoms with Crippen LogP contribution in [0.15, 0.2) is 0 Å². The van der Waals surface area contributed by atoms with Gasteiger partial charge in [-0.2, -0.15) is 0 Å². The van der Waals surface area contributed by atoms with E-state index in [2.05, 4.69) is 0 Å². The average Bonchev–Trinajstić information content (AvgIpc) is 1.65. The Labute approximate surface area is 44.3 Å². The first-order valence-electron chi connectivity index (χ1n) is 2.55. The molecule has 44 valence electrons. The standard InChI is InChI=1S/C5H13NO/c1-4(3-7)5(2)6/h4-5,7H,3,6H2,1-2H3. The molecule has 3 N–H and O–H groups in total. The van der Waals surface area contributed by atoms with Gasteiger partial charge in [0.1, 0.15) is 0 Å². The number of hydrogen-bond donors (Lipinski definition) is 2. The molecular weight excluding hydrogens is 90.1 g/mol. The maximum atomic E-state index is 8.43. The predicted octanol–water partition coefficient (Wildman–Crippen LogP) is -0.0380. The van der Waals surface area contributed by atoms with Gasteiger partial charge in [-0.05, 0) is 12.8 Å². The predicted molar refractivity (Wildman–Crippen MR) is 29.9 cm³/mol. The van der Waals surface area contributed by atoms with Crippen molar-refractivity contribution in [1.82, 2.24) is 0 Å². The van der Waals surface area contributed by atoms with Gasteiger partial charge in [0.2, 0.25) is 0 Å². The van der Waals surface area contributed by atoms with Crippen molar-refractivity contribution in [2.75, 3.05) is 6.61 Å². The van der Waals surface area contributed by atoms with E-state index < -0.39 is 0 Å². The molecule has 0 heterocycles. The first-order valence-corrected chi connectivity index (χ1v) is 2.55. The molecule has 0 aromatic heterocycles. The van der Waals surface area contributed by atoms with Gasteiger partial charge in [0.25, 0.3) is 0 Å². The van der Waals surface area contributed by atoms with Crippen LogP contribution in [0, 0.1) is 5.92 Å². The topological polar surface area (TPSA) is 46.2 Å². The first kappa shape index (κ1) is 6.92. The number of rotatable bonds is 2. The van der Waals surface area contributed by atoms with Crippen LogP contribution in [0.3, 0.4) is 0 Å². The van der Waals surface area contributed by atoms with E-state index in [0.717, 1.165) is 0 Å². The summed E-state index contributed by atoms with van der Waals surface area (Å²) in [6, 6.07) is 0.116. The summed E-state index contributed by atoms with van der Waals surface area (Å²) in [7, 11) is 0. The van der Waals surface area contributed by atoms with Crippen LogP contribution >= 0.6 is 0 Å². The Morgan fingerprint density at radius 3 is 2.00 bits per heavy atom. The lowest BCUT2D eigenvalue weighted by Crippen LogP contribution is -2.26. The normalized spacial score (nSPS) is 18.9. The van der Waals surface area contributed by atoms with Crippen LogP contribution in [-0.4, -0.2) is 17.8 Å². The molecule has 0 saturated carbocycles. The molecule has 2 atom stereocenters. The lowest BCUT2D eigenvalue weighted by Gasteiger charge is -2.09. The Morgan fingerprint density at radius 1 is 1.57 bits per heavy atom. The molecule has 2 nitrogen and oxygen atoms in total. The van der Waals surface area contributed by atoms with Crippen molar-refractivity contribution in [3.05, 3.63) is 0 Å². The molecule has 0 rings (SSSR count). The quantitative estimate of drug-likeness (QED) is 0.515. The minimum absolute atomic E-state index is 0.116. The van der Waals surface area contributed by atoms with Crippen LogP contribution < -0.4 is 5.73 Å². The van der Waals surface area contributed by atoms with E-state index in [-0.39, 0.29) is 18.6 Å². The second kappa shape index (κ2) is 2.99. The fraction of sp³-hybridized carbons (Fsp3) is 1.00. The molecule has 0 aromatic carbocycles. The highest BCUT2D eigenvalue weighted by Gasteiger charge is 2.02. The van der Waals surface area contributed by atoms with E-state index in [4.69, 9.17) is 10.8 Å². The van der Waals surface area contributed by atoms with Gasteiger partial charge < -0.3 is 10.8 Å². The third-order valence-corrected chi connectivity index (χ3v) is 1.19. The van der Waals surface area contributed by atoms with Gasteiger partial charge in [0.15, 0.2) is 0 Å². The second-order valence-corrected chi connectivity index (χ2v) is 2.02. The van der Waals surface area contributed by atoms with Crippen LogP contribution in [0.5, 0.6) is 0 Å². The smallest absolute Gasteiger partial charge is 0.0471 e. The molecule has 0 spiro atoms. The highest BCUT2D eigenvalue weighted by atomic mass is 16.3. The van der Waals surface area contributed by atoms with Crippen LogP contribution in [0.4, 0.5) is 0 Å². The molecule has 0 amide bonds. The van der Waals surface area contributed by atoms with Crippen LogP contribution in [0.1, 0.15) is 13.8 Å². The number of nitrogens with two attached hydrogens (primary N) is 1. The van der Waals surface area contributed by atoms with E-state index in [1.807, 2.05) is 13.8 Å². The SMILES string of the molecule is CC(N)C(C)CO. The van der Waals surface area contributed by atoms with Gasteiger partial charge in [-0.15, -0.1) is 0 Å². The molecule has 0 fully saturated rings. The summed E-state index contributed by atoms with van der Waals surface area (Å²) < 4.78 is 0. The maximum absolute atomic E-state index is 8.43. The van der Waals surface area contributed by atoms with Crippen molar-refractivity contribution in [3.8, 4) is 0 Å². The van der Waals surface area contributed by atoms with Crippen molar-refractivity contribution < 1.29 is 5.11 Å². The monoisotopic (exact) mass is 103 g/mol. The zero-order chi connectivity index (χ0) is 5.86. The summed E-state index contributed by atoms with van der Waals surface area (Å²) in [5, 5.41) is 8.43. The van der Waals surface area contributed by atoms with E-state index in [0.29, 0.717) is 0 Å². The van der Waals surface area contributed by atoms with Crippen molar-refractivity contribution in [3.63, 3.8) is 0 Å². The van der Waals surface area contributed by atoms with Crippen LogP contribution in [0.2, 0.25) is 0 Å². The number of aliphatic hydroxyl groups excluding tert-OH is 1. The molecule has 7 heavy (non-hydrogen) atoms. The molecule has 2 heteroatoms. The zero-order valence-corrected chi connectivity index (χ0v) is 4.89. The van der Waals surface area contributed by atoms with Gasteiger partial charge in [0, 0.05) is 12.6 Å².